The minimum absolute atomic E-state index is 0.108. The molecule has 0 saturated carbocycles. The predicted molar refractivity (Wildman–Crippen MR) is 66.8 cm³/mol. The van der Waals surface area contributed by atoms with E-state index in [1.54, 1.807) is 0 Å². The van der Waals surface area contributed by atoms with E-state index in [0.29, 0.717) is 18.9 Å². The second kappa shape index (κ2) is 6.16. The third kappa shape index (κ3) is 4.34. The van der Waals surface area contributed by atoms with E-state index in [0.717, 1.165) is 17.7 Å². The van der Waals surface area contributed by atoms with Crippen molar-refractivity contribution in [3.63, 3.8) is 0 Å². The molecule has 0 bridgehead atoms. The van der Waals surface area contributed by atoms with Crippen LogP contribution in [0.1, 0.15) is 32.3 Å². The molecule has 1 atom stereocenters. The number of hydrogen-bond acceptors (Lipinski definition) is 2. The molecule has 0 heterocycles. The number of benzene rings is 1. The summed E-state index contributed by atoms with van der Waals surface area (Å²) in [5.41, 5.74) is 7.42. The van der Waals surface area contributed by atoms with Crippen LogP contribution >= 0.6 is 0 Å². The van der Waals surface area contributed by atoms with Gasteiger partial charge in [-0.2, -0.15) is 0 Å². The topological polar surface area (TPSA) is 55.1 Å². The molecule has 0 aliphatic rings. The van der Waals surface area contributed by atoms with Gasteiger partial charge in [0.15, 0.2) is 0 Å². The molecule has 0 radical (unpaired) electrons. The Hall–Kier alpha value is -1.51. The first-order chi connectivity index (χ1) is 7.61. The summed E-state index contributed by atoms with van der Waals surface area (Å²) in [5.74, 6) is 0.553. The lowest BCUT2D eigenvalue weighted by Crippen LogP contribution is -2.24. The molecule has 0 saturated heterocycles. The highest BCUT2D eigenvalue weighted by Crippen LogP contribution is 2.08. The van der Waals surface area contributed by atoms with Crippen molar-refractivity contribution in [2.45, 2.75) is 33.2 Å². The van der Waals surface area contributed by atoms with E-state index in [-0.39, 0.29) is 5.91 Å². The Balaban J connectivity index is 2.37. The largest absolute Gasteiger partial charge is 0.399 e. The second-order valence-corrected chi connectivity index (χ2v) is 4.24. The van der Waals surface area contributed by atoms with Crippen molar-refractivity contribution >= 4 is 11.6 Å². The van der Waals surface area contributed by atoms with E-state index in [1.807, 2.05) is 24.3 Å². The summed E-state index contributed by atoms with van der Waals surface area (Å²) in [6, 6.07) is 7.57. The van der Waals surface area contributed by atoms with Gasteiger partial charge in [0, 0.05) is 18.7 Å². The van der Waals surface area contributed by atoms with Gasteiger partial charge in [0.2, 0.25) is 5.91 Å². The maximum atomic E-state index is 11.5. The molecule has 0 aromatic heterocycles. The van der Waals surface area contributed by atoms with Crippen LogP contribution in [0.25, 0.3) is 0 Å². The molecule has 1 aromatic rings. The van der Waals surface area contributed by atoms with Crippen molar-refractivity contribution in [3.8, 4) is 0 Å². The molecule has 88 valence electrons. The zero-order chi connectivity index (χ0) is 12.0. The van der Waals surface area contributed by atoms with E-state index >= 15 is 0 Å². The fraction of sp³-hybridized carbons (Fsp3) is 0.462. The maximum absolute atomic E-state index is 11.5. The molecule has 1 rings (SSSR count). The van der Waals surface area contributed by atoms with Crippen LogP contribution < -0.4 is 11.1 Å². The number of amides is 1. The van der Waals surface area contributed by atoms with Gasteiger partial charge in [-0.05, 0) is 23.6 Å². The minimum Gasteiger partial charge on any atom is -0.399 e. The molecule has 1 aromatic carbocycles. The zero-order valence-electron chi connectivity index (χ0n) is 9.99. The lowest BCUT2D eigenvalue weighted by molar-refractivity contribution is -0.122. The summed E-state index contributed by atoms with van der Waals surface area (Å²) in [6.45, 7) is 4.73. The van der Waals surface area contributed by atoms with Gasteiger partial charge in [-0.25, -0.2) is 0 Å². The van der Waals surface area contributed by atoms with Crippen LogP contribution in [0.4, 0.5) is 5.69 Å². The first-order valence-electron chi connectivity index (χ1n) is 5.73. The Bertz CT molecular complexity index is 350. The SMILES string of the molecule is CCC(C)CC(=O)NCc1cccc(N)c1. The van der Waals surface area contributed by atoms with Gasteiger partial charge < -0.3 is 11.1 Å². The van der Waals surface area contributed by atoms with E-state index in [2.05, 4.69) is 19.2 Å². The van der Waals surface area contributed by atoms with E-state index in [1.165, 1.54) is 0 Å². The Labute approximate surface area is 97.0 Å². The molecule has 0 spiro atoms. The van der Waals surface area contributed by atoms with Gasteiger partial charge in [0.05, 0.1) is 0 Å². The van der Waals surface area contributed by atoms with Crippen LogP contribution in [0.2, 0.25) is 0 Å². The summed E-state index contributed by atoms with van der Waals surface area (Å²) in [5, 5.41) is 2.90. The van der Waals surface area contributed by atoms with Gasteiger partial charge in [-0.15, -0.1) is 0 Å². The van der Waals surface area contributed by atoms with Crippen LogP contribution in [-0.2, 0) is 11.3 Å². The molecule has 16 heavy (non-hydrogen) atoms. The fourth-order valence-corrected chi connectivity index (χ4v) is 1.44. The Morgan fingerprint density at radius 2 is 2.25 bits per heavy atom. The third-order valence-electron chi connectivity index (χ3n) is 2.67. The monoisotopic (exact) mass is 220 g/mol. The lowest BCUT2D eigenvalue weighted by Gasteiger charge is -2.09. The maximum Gasteiger partial charge on any atom is 0.220 e. The Morgan fingerprint density at radius 3 is 2.88 bits per heavy atom. The van der Waals surface area contributed by atoms with Crippen molar-refractivity contribution < 1.29 is 4.79 Å². The molecular weight excluding hydrogens is 200 g/mol. The molecule has 3 nitrogen and oxygen atoms in total. The third-order valence-corrected chi connectivity index (χ3v) is 2.67. The lowest BCUT2D eigenvalue weighted by atomic mass is 10.1. The molecule has 0 aliphatic carbocycles. The first kappa shape index (κ1) is 12.6. The van der Waals surface area contributed by atoms with Crippen LogP contribution in [0.3, 0.4) is 0 Å². The summed E-state index contributed by atoms with van der Waals surface area (Å²) in [7, 11) is 0. The van der Waals surface area contributed by atoms with Crippen molar-refractivity contribution in [3.05, 3.63) is 29.8 Å². The molecule has 1 amide bonds. The van der Waals surface area contributed by atoms with E-state index < -0.39 is 0 Å². The Kier molecular flexibility index (Phi) is 4.83. The van der Waals surface area contributed by atoms with Crippen molar-refractivity contribution in [1.82, 2.24) is 5.32 Å². The number of carbonyl (C=O) groups is 1. The molecule has 3 N–H and O–H groups in total. The highest BCUT2D eigenvalue weighted by molar-refractivity contribution is 5.76. The summed E-state index contributed by atoms with van der Waals surface area (Å²) in [4.78, 5) is 11.5. The number of nitrogen functional groups attached to an aromatic ring is 1. The van der Waals surface area contributed by atoms with Gasteiger partial charge in [0.25, 0.3) is 0 Å². The second-order valence-electron chi connectivity index (χ2n) is 4.24. The van der Waals surface area contributed by atoms with Crippen molar-refractivity contribution in [2.24, 2.45) is 5.92 Å². The molecule has 1 unspecified atom stereocenters. The van der Waals surface area contributed by atoms with Gasteiger partial charge >= 0.3 is 0 Å². The standard InChI is InChI=1S/C13H20N2O/c1-3-10(2)7-13(16)15-9-11-5-4-6-12(14)8-11/h4-6,8,10H,3,7,9,14H2,1-2H3,(H,15,16). The molecule has 3 heteroatoms. The van der Waals surface area contributed by atoms with Crippen molar-refractivity contribution in [2.75, 3.05) is 5.73 Å². The average molecular weight is 220 g/mol. The van der Waals surface area contributed by atoms with Gasteiger partial charge in [0.1, 0.15) is 0 Å². The number of nitrogens with two attached hydrogens (primary N) is 1. The zero-order valence-corrected chi connectivity index (χ0v) is 9.99. The molecular formula is C13H20N2O. The van der Waals surface area contributed by atoms with Gasteiger partial charge in [-0.1, -0.05) is 32.4 Å². The summed E-state index contributed by atoms with van der Waals surface area (Å²) < 4.78 is 0. The number of rotatable bonds is 5. The van der Waals surface area contributed by atoms with Crippen LogP contribution in [0, 0.1) is 5.92 Å². The van der Waals surface area contributed by atoms with Crippen LogP contribution in [0.15, 0.2) is 24.3 Å². The molecule has 0 aliphatic heterocycles. The average Bonchev–Trinajstić information content (AvgIpc) is 2.26. The number of carbonyl (C=O) groups excluding carboxylic acids is 1. The van der Waals surface area contributed by atoms with E-state index in [9.17, 15) is 4.79 Å². The highest BCUT2D eigenvalue weighted by atomic mass is 16.1. The highest BCUT2D eigenvalue weighted by Gasteiger charge is 2.06. The molecule has 0 fully saturated rings. The fourth-order valence-electron chi connectivity index (χ4n) is 1.44. The first-order valence-corrected chi connectivity index (χ1v) is 5.73. The summed E-state index contributed by atoms with van der Waals surface area (Å²) >= 11 is 0. The quantitative estimate of drug-likeness (QED) is 0.748. The summed E-state index contributed by atoms with van der Waals surface area (Å²) in [6.07, 6.45) is 1.63. The minimum atomic E-state index is 0.108. The van der Waals surface area contributed by atoms with Crippen LogP contribution in [0.5, 0.6) is 0 Å². The van der Waals surface area contributed by atoms with Crippen molar-refractivity contribution in [1.29, 1.82) is 0 Å². The van der Waals surface area contributed by atoms with Crippen LogP contribution in [-0.4, -0.2) is 5.91 Å². The predicted octanol–water partition coefficient (Wildman–Crippen LogP) is 2.32. The normalized spacial score (nSPS) is 12.1. The Morgan fingerprint density at radius 1 is 1.50 bits per heavy atom. The smallest absolute Gasteiger partial charge is 0.220 e. The van der Waals surface area contributed by atoms with Gasteiger partial charge in [-0.3, -0.25) is 4.79 Å². The number of anilines is 1. The van der Waals surface area contributed by atoms with E-state index in [4.69, 9.17) is 5.73 Å². The number of hydrogen-bond donors (Lipinski definition) is 2. The number of nitrogens with one attached hydrogen (secondary N) is 1.